The van der Waals surface area contributed by atoms with Crippen LogP contribution in [-0.2, 0) is 27.1 Å². The van der Waals surface area contributed by atoms with Gasteiger partial charge in [0.05, 0.1) is 5.75 Å². The predicted octanol–water partition coefficient (Wildman–Crippen LogP) is 0.990. The van der Waals surface area contributed by atoms with E-state index in [-0.39, 0.29) is 11.8 Å². The van der Waals surface area contributed by atoms with Crippen LogP contribution in [0.5, 0.6) is 0 Å². The van der Waals surface area contributed by atoms with Crippen molar-refractivity contribution in [3.8, 4) is 0 Å². The average Bonchev–Trinajstić information content (AvgIpc) is 2.36. The first-order chi connectivity index (χ1) is 8.98. The predicted molar refractivity (Wildman–Crippen MR) is 76.0 cm³/mol. The van der Waals surface area contributed by atoms with E-state index in [0.29, 0.717) is 19.6 Å². The Morgan fingerprint density at radius 3 is 2.53 bits per heavy atom. The van der Waals surface area contributed by atoms with Crippen LogP contribution in [0, 0.1) is 0 Å². The Morgan fingerprint density at radius 2 is 1.95 bits per heavy atom. The number of benzene rings is 1. The first-order valence-electron chi connectivity index (χ1n) is 6.24. The summed E-state index contributed by atoms with van der Waals surface area (Å²) < 4.78 is 31.7. The van der Waals surface area contributed by atoms with Crippen LogP contribution in [0.3, 0.4) is 0 Å². The summed E-state index contributed by atoms with van der Waals surface area (Å²) >= 11 is 0. The van der Waals surface area contributed by atoms with E-state index >= 15 is 0 Å². The van der Waals surface area contributed by atoms with E-state index < -0.39 is 10.0 Å². The number of hydrogen-bond donors (Lipinski definition) is 2. The van der Waals surface area contributed by atoms with Crippen molar-refractivity contribution in [2.45, 2.75) is 31.7 Å². The zero-order valence-electron chi connectivity index (χ0n) is 11.4. The zero-order valence-corrected chi connectivity index (χ0v) is 12.2. The van der Waals surface area contributed by atoms with Gasteiger partial charge in [0, 0.05) is 26.3 Å². The number of rotatable bonds is 8. The lowest BCUT2D eigenvalue weighted by atomic mass is 10.1. The van der Waals surface area contributed by atoms with Gasteiger partial charge in [-0.15, -0.1) is 0 Å². The molecular weight excluding hydrogens is 264 g/mol. The Balaban J connectivity index is 2.68. The van der Waals surface area contributed by atoms with E-state index in [4.69, 9.17) is 10.5 Å². The van der Waals surface area contributed by atoms with Crippen LogP contribution < -0.4 is 10.5 Å². The van der Waals surface area contributed by atoms with Crippen molar-refractivity contribution < 1.29 is 13.2 Å². The number of hydrogen-bond acceptors (Lipinski definition) is 4. The van der Waals surface area contributed by atoms with Gasteiger partial charge in [-0.1, -0.05) is 24.3 Å². The van der Waals surface area contributed by atoms with Gasteiger partial charge in [0.2, 0.25) is 10.0 Å². The quantitative estimate of drug-likeness (QED) is 0.746. The Morgan fingerprint density at radius 1 is 1.32 bits per heavy atom. The molecule has 1 rings (SSSR count). The molecular formula is C13H22N2O3S. The molecule has 0 fully saturated rings. The summed E-state index contributed by atoms with van der Waals surface area (Å²) in [7, 11) is -1.76. The summed E-state index contributed by atoms with van der Waals surface area (Å²) in [4.78, 5) is 0. The first-order valence-corrected chi connectivity index (χ1v) is 7.89. The summed E-state index contributed by atoms with van der Waals surface area (Å²) in [5.74, 6) is -0.0440. The SMILES string of the molecule is COCCC(C)NS(=O)(=O)Cc1ccccc1CN. The number of sulfonamides is 1. The second-order valence-electron chi connectivity index (χ2n) is 4.53. The van der Waals surface area contributed by atoms with Gasteiger partial charge in [0.15, 0.2) is 0 Å². The minimum absolute atomic E-state index is 0.0440. The largest absolute Gasteiger partial charge is 0.385 e. The highest BCUT2D eigenvalue weighted by Crippen LogP contribution is 2.12. The lowest BCUT2D eigenvalue weighted by Crippen LogP contribution is -2.34. The summed E-state index contributed by atoms with van der Waals surface area (Å²) in [5, 5.41) is 0. The highest BCUT2D eigenvalue weighted by Gasteiger charge is 2.16. The summed E-state index contributed by atoms with van der Waals surface area (Å²) in [6.07, 6.45) is 0.647. The smallest absolute Gasteiger partial charge is 0.216 e. The molecule has 1 atom stereocenters. The summed E-state index contributed by atoms with van der Waals surface area (Å²) in [5.41, 5.74) is 7.21. The number of nitrogens with one attached hydrogen (secondary N) is 1. The minimum Gasteiger partial charge on any atom is -0.385 e. The van der Waals surface area contributed by atoms with Crippen molar-refractivity contribution in [1.82, 2.24) is 4.72 Å². The third kappa shape index (κ3) is 5.69. The molecule has 1 aromatic rings. The zero-order chi connectivity index (χ0) is 14.3. The maximum atomic E-state index is 12.0. The molecule has 0 aliphatic carbocycles. The first kappa shape index (κ1) is 16.1. The van der Waals surface area contributed by atoms with Crippen molar-refractivity contribution in [3.05, 3.63) is 35.4 Å². The molecule has 0 radical (unpaired) electrons. The molecule has 0 spiro atoms. The van der Waals surface area contributed by atoms with E-state index in [2.05, 4.69) is 4.72 Å². The Bertz CT molecular complexity index is 488. The third-order valence-electron chi connectivity index (χ3n) is 2.82. The highest BCUT2D eigenvalue weighted by atomic mass is 32.2. The van der Waals surface area contributed by atoms with Crippen LogP contribution in [0.1, 0.15) is 24.5 Å². The summed E-state index contributed by atoms with van der Waals surface area (Å²) in [6.45, 7) is 2.69. The Labute approximate surface area is 115 Å². The molecule has 0 saturated heterocycles. The number of nitrogens with two attached hydrogens (primary N) is 1. The molecule has 0 amide bonds. The van der Waals surface area contributed by atoms with Crippen LogP contribution in [0.2, 0.25) is 0 Å². The van der Waals surface area contributed by atoms with Crippen LogP contribution in [0.4, 0.5) is 0 Å². The van der Waals surface area contributed by atoms with E-state index in [1.54, 1.807) is 13.2 Å². The van der Waals surface area contributed by atoms with Gasteiger partial charge >= 0.3 is 0 Å². The number of ether oxygens (including phenoxy) is 1. The molecule has 3 N–H and O–H groups in total. The second-order valence-corrected chi connectivity index (χ2v) is 6.29. The fraction of sp³-hybridized carbons (Fsp3) is 0.538. The van der Waals surface area contributed by atoms with E-state index in [1.807, 2.05) is 25.1 Å². The fourth-order valence-corrected chi connectivity index (χ4v) is 3.31. The number of methoxy groups -OCH3 is 1. The van der Waals surface area contributed by atoms with E-state index in [9.17, 15) is 8.42 Å². The van der Waals surface area contributed by atoms with Gasteiger partial charge < -0.3 is 10.5 Å². The van der Waals surface area contributed by atoms with Gasteiger partial charge in [0.1, 0.15) is 0 Å². The maximum absolute atomic E-state index is 12.0. The van der Waals surface area contributed by atoms with Crippen LogP contribution in [0.15, 0.2) is 24.3 Å². The maximum Gasteiger partial charge on any atom is 0.216 e. The lowest BCUT2D eigenvalue weighted by Gasteiger charge is -2.15. The van der Waals surface area contributed by atoms with Gasteiger partial charge in [0.25, 0.3) is 0 Å². The third-order valence-corrected chi connectivity index (χ3v) is 4.27. The Kier molecular flexibility index (Phi) is 6.44. The van der Waals surface area contributed by atoms with Crippen LogP contribution in [-0.4, -0.2) is 28.2 Å². The molecule has 0 saturated carbocycles. The van der Waals surface area contributed by atoms with E-state index in [1.165, 1.54) is 0 Å². The van der Waals surface area contributed by atoms with Crippen molar-refractivity contribution in [2.75, 3.05) is 13.7 Å². The van der Waals surface area contributed by atoms with Gasteiger partial charge in [-0.05, 0) is 24.5 Å². The van der Waals surface area contributed by atoms with Gasteiger partial charge in [-0.2, -0.15) is 0 Å². The topological polar surface area (TPSA) is 81.4 Å². The normalized spacial score (nSPS) is 13.4. The van der Waals surface area contributed by atoms with Crippen molar-refractivity contribution >= 4 is 10.0 Å². The molecule has 0 aromatic heterocycles. The molecule has 5 nitrogen and oxygen atoms in total. The summed E-state index contributed by atoms with van der Waals surface area (Å²) in [6, 6.07) is 7.17. The molecule has 19 heavy (non-hydrogen) atoms. The molecule has 0 aliphatic heterocycles. The Hall–Kier alpha value is -0.950. The molecule has 1 aromatic carbocycles. The lowest BCUT2D eigenvalue weighted by molar-refractivity contribution is 0.188. The molecule has 0 heterocycles. The van der Waals surface area contributed by atoms with Crippen LogP contribution in [0.25, 0.3) is 0 Å². The molecule has 6 heteroatoms. The molecule has 0 bridgehead atoms. The van der Waals surface area contributed by atoms with Crippen LogP contribution >= 0.6 is 0 Å². The van der Waals surface area contributed by atoms with Gasteiger partial charge in [-0.25, -0.2) is 13.1 Å². The standard InChI is InChI=1S/C13H22N2O3S/c1-11(7-8-18-2)15-19(16,17)10-13-6-4-3-5-12(13)9-14/h3-6,11,15H,7-10,14H2,1-2H3. The van der Waals surface area contributed by atoms with Gasteiger partial charge in [-0.3, -0.25) is 0 Å². The fourth-order valence-electron chi connectivity index (χ4n) is 1.80. The highest BCUT2D eigenvalue weighted by molar-refractivity contribution is 7.88. The van der Waals surface area contributed by atoms with E-state index in [0.717, 1.165) is 11.1 Å². The van der Waals surface area contributed by atoms with Crippen molar-refractivity contribution in [1.29, 1.82) is 0 Å². The molecule has 108 valence electrons. The van der Waals surface area contributed by atoms with Crippen molar-refractivity contribution in [2.24, 2.45) is 5.73 Å². The monoisotopic (exact) mass is 286 g/mol. The molecule has 1 unspecified atom stereocenters. The average molecular weight is 286 g/mol. The molecule has 0 aliphatic rings. The van der Waals surface area contributed by atoms with Crippen molar-refractivity contribution in [3.63, 3.8) is 0 Å². The second kappa shape index (κ2) is 7.59. The minimum atomic E-state index is -3.36.